The number of ether oxygens (including phenoxy) is 1. The van der Waals surface area contributed by atoms with Crippen molar-refractivity contribution in [2.24, 2.45) is 0 Å². The number of carbonyl (C=O) groups excluding carboxylic acids is 2. The smallest absolute Gasteiger partial charge is 0.238 e. The summed E-state index contributed by atoms with van der Waals surface area (Å²) in [5.74, 6) is 0.565. The van der Waals surface area contributed by atoms with Crippen molar-refractivity contribution in [3.05, 3.63) is 46.7 Å². The number of nitrogens with zero attached hydrogens (tertiary/aromatic N) is 3. The summed E-state index contributed by atoms with van der Waals surface area (Å²) in [7, 11) is 1.58. The monoisotopic (exact) mass is 444 g/mol. The summed E-state index contributed by atoms with van der Waals surface area (Å²) in [4.78, 5) is 33.0. The van der Waals surface area contributed by atoms with Crippen molar-refractivity contribution in [2.75, 3.05) is 58.2 Å². The van der Waals surface area contributed by atoms with Crippen molar-refractivity contribution in [3.63, 3.8) is 0 Å². The summed E-state index contributed by atoms with van der Waals surface area (Å²) < 4.78 is 5.29. The number of piperazine rings is 1. The van der Waals surface area contributed by atoms with E-state index in [9.17, 15) is 9.59 Å². The number of hydrogen-bond donors (Lipinski definition) is 1. The van der Waals surface area contributed by atoms with Crippen molar-refractivity contribution in [2.45, 2.75) is 19.9 Å². The van der Waals surface area contributed by atoms with Gasteiger partial charge >= 0.3 is 0 Å². The molecule has 0 radical (unpaired) electrons. The van der Waals surface area contributed by atoms with Gasteiger partial charge in [0, 0.05) is 37.6 Å². The average molecular weight is 445 g/mol. The molecule has 1 aliphatic heterocycles. The van der Waals surface area contributed by atoms with Crippen LogP contribution < -0.4 is 10.1 Å². The van der Waals surface area contributed by atoms with Crippen LogP contribution in [0.25, 0.3) is 0 Å². The molecule has 1 aromatic carbocycles. The number of carbonyl (C=O) groups is 2. The highest BCUT2D eigenvalue weighted by molar-refractivity contribution is 7.09. The van der Waals surface area contributed by atoms with Crippen LogP contribution in [0.15, 0.2) is 41.8 Å². The summed E-state index contributed by atoms with van der Waals surface area (Å²) >= 11 is 1.77. The Morgan fingerprint density at radius 3 is 2.55 bits per heavy atom. The number of hydrogen-bond acceptors (Lipinski definition) is 6. The Balaban J connectivity index is 1.47. The number of nitrogens with one attached hydrogen (secondary N) is 1. The molecule has 1 N–H and O–H groups in total. The second kappa shape index (κ2) is 11.8. The zero-order chi connectivity index (χ0) is 22.1. The van der Waals surface area contributed by atoms with Gasteiger partial charge in [-0.3, -0.25) is 19.4 Å². The van der Waals surface area contributed by atoms with Gasteiger partial charge in [-0.2, -0.15) is 0 Å². The third-order valence-electron chi connectivity index (χ3n) is 5.33. The highest BCUT2D eigenvalue weighted by Gasteiger charge is 2.23. The first-order valence-corrected chi connectivity index (χ1v) is 11.6. The van der Waals surface area contributed by atoms with Gasteiger partial charge in [-0.15, -0.1) is 11.3 Å². The van der Waals surface area contributed by atoms with E-state index in [0.29, 0.717) is 18.0 Å². The van der Waals surface area contributed by atoms with Gasteiger partial charge in [-0.05, 0) is 36.5 Å². The maximum Gasteiger partial charge on any atom is 0.238 e. The molecule has 168 valence electrons. The van der Waals surface area contributed by atoms with Crippen LogP contribution in [-0.4, -0.2) is 79.4 Å². The Labute approximate surface area is 188 Å². The zero-order valence-electron chi connectivity index (χ0n) is 18.4. The van der Waals surface area contributed by atoms with Crippen molar-refractivity contribution in [1.82, 2.24) is 14.7 Å². The number of rotatable bonds is 10. The summed E-state index contributed by atoms with van der Waals surface area (Å²) in [6.45, 7) is 7.37. The first kappa shape index (κ1) is 23.2. The third-order valence-corrected chi connectivity index (χ3v) is 6.19. The highest BCUT2D eigenvalue weighted by Crippen LogP contribution is 2.22. The number of methoxy groups -OCH3 is 1. The SMILES string of the molecule is CCCN(CC(=O)Nc1ccccc1OC)CC(=O)N1CCN(Cc2cccs2)CC1. The molecule has 7 nitrogen and oxygen atoms in total. The van der Waals surface area contributed by atoms with Crippen LogP contribution in [0.2, 0.25) is 0 Å². The maximum absolute atomic E-state index is 12.9. The highest BCUT2D eigenvalue weighted by atomic mass is 32.1. The van der Waals surface area contributed by atoms with Crippen molar-refractivity contribution < 1.29 is 14.3 Å². The second-order valence-electron chi connectivity index (χ2n) is 7.70. The fourth-order valence-corrected chi connectivity index (χ4v) is 4.49. The van der Waals surface area contributed by atoms with E-state index < -0.39 is 0 Å². The Bertz CT molecular complexity index is 835. The van der Waals surface area contributed by atoms with Gasteiger partial charge in [-0.25, -0.2) is 0 Å². The van der Waals surface area contributed by atoms with Gasteiger partial charge in [0.05, 0.1) is 25.9 Å². The summed E-state index contributed by atoms with van der Waals surface area (Å²) in [6, 6.07) is 11.6. The number of amides is 2. The van der Waals surface area contributed by atoms with Crippen LogP contribution in [0.3, 0.4) is 0 Å². The van der Waals surface area contributed by atoms with Crippen LogP contribution in [0.1, 0.15) is 18.2 Å². The molecule has 0 saturated carbocycles. The molecule has 0 unspecified atom stereocenters. The van der Waals surface area contributed by atoms with Gasteiger partial charge in [0.25, 0.3) is 0 Å². The number of benzene rings is 1. The minimum absolute atomic E-state index is 0.0920. The van der Waals surface area contributed by atoms with Crippen molar-refractivity contribution >= 4 is 28.8 Å². The molecule has 1 saturated heterocycles. The lowest BCUT2D eigenvalue weighted by atomic mass is 10.2. The van der Waals surface area contributed by atoms with Crippen molar-refractivity contribution in [1.29, 1.82) is 0 Å². The number of para-hydroxylation sites is 2. The van der Waals surface area contributed by atoms with E-state index in [1.807, 2.05) is 28.0 Å². The zero-order valence-corrected chi connectivity index (χ0v) is 19.2. The average Bonchev–Trinajstić information content (AvgIpc) is 3.27. The standard InChI is InChI=1S/C23H32N4O3S/c1-3-10-26(17-22(28)24-20-8-4-5-9-21(20)30-2)18-23(29)27-13-11-25(12-14-27)16-19-7-6-15-31-19/h4-9,15H,3,10-14,16-18H2,1-2H3,(H,24,28). The predicted octanol–water partition coefficient (Wildman–Crippen LogP) is 2.75. The lowest BCUT2D eigenvalue weighted by Crippen LogP contribution is -2.51. The first-order valence-electron chi connectivity index (χ1n) is 10.8. The molecule has 1 aliphatic rings. The Morgan fingerprint density at radius 1 is 1.10 bits per heavy atom. The normalized spacial score (nSPS) is 14.6. The number of anilines is 1. The Kier molecular flexibility index (Phi) is 8.87. The molecule has 3 rings (SSSR count). The predicted molar refractivity (Wildman–Crippen MR) is 125 cm³/mol. The quantitative estimate of drug-likeness (QED) is 0.611. The van der Waals surface area contributed by atoms with E-state index in [1.54, 1.807) is 24.5 Å². The fourth-order valence-electron chi connectivity index (χ4n) is 3.74. The lowest BCUT2D eigenvalue weighted by molar-refractivity contribution is -0.134. The molecule has 8 heteroatoms. The second-order valence-corrected chi connectivity index (χ2v) is 8.73. The van der Waals surface area contributed by atoms with Gasteiger partial charge < -0.3 is 15.0 Å². The largest absolute Gasteiger partial charge is 0.495 e. The van der Waals surface area contributed by atoms with E-state index >= 15 is 0 Å². The minimum Gasteiger partial charge on any atom is -0.495 e. The van der Waals surface area contributed by atoms with Gasteiger partial charge in [0.2, 0.25) is 11.8 Å². The molecule has 0 bridgehead atoms. The van der Waals surface area contributed by atoms with Crippen LogP contribution in [0.4, 0.5) is 5.69 Å². The van der Waals surface area contributed by atoms with Gasteiger partial charge in [-0.1, -0.05) is 25.1 Å². The van der Waals surface area contributed by atoms with Crippen LogP contribution in [-0.2, 0) is 16.1 Å². The molecule has 31 heavy (non-hydrogen) atoms. The van der Waals surface area contributed by atoms with E-state index in [0.717, 1.165) is 39.1 Å². The van der Waals surface area contributed by atoms with E-state index in [4.69, 9.17) is 4.74 Å². The lowest BCUT2D eigenvalue weighted by Gasteiger charge is -2.35. The maximum atomic E-state index is 12.9. The van der Waals surface area contributed by atoms with E-state index in [1.165, 1.54) is 4.88 Å². The molecule has 2 heterocycles. The fraction of sp³-hybridized carbons (Fsp3) is 0.478. The minimum atomic E-state index is -0.147. The Morgan fingerprint density at radius 2 is 1.87 bits per heavy atom. The topological polar surface area (TPSA) is 65.1 Å². The molecule has 1 fully saturated rings. The van der Waals surface area contributed by atoms with Gasteiger partial charge in [0.1, 0.15) is 5.75 Å². The molecule has 2 aromatic rings. The molecular formula is C23H32N4O3S. The molecule has 2 amide bonds. The molecule has 0 spiro atoms. The molecule has 1 aromatic heterocycles. The molecule has 0 aliphatic carbocycles. The first-order chi connectivity index (χ1) is 15.1. The molecular weight excluding hydrogens is 412 g/mol. The van der Waals surface area contributed by atoms with E-state index in [2.05, 4.69) is 34.7 Å². The molecule has 0 atom stereocenters. The third kappa shape index (κ3) is 7.05. The van der Waals surface area contributed by atoms with Gasteiger partial charge in [0.15, 0.2) is 0 Å². The summed E-state index contributed by atoms with van der Waals surface area (Å²) in [5, 5.41) is 4.99. The summed E-state index contributed by atoms with van der Waals surface area (Å²) in [6.07, 6.45) is 0.879. The van der Waals surface area contributed by atoms with Crippen LogP contribution in [0, 0.1) is 0 Å². The Hall–Kier alpha value is -2.42. The van der Waals surface area contributed by atoms with Crippen LogP contribution in [0.5, 0.6) is 5.75 Å². The summed E-state index contributed by atoms with van der Waals surface area (Å²) in [5.41, 5.74) is 0.639. The number of thiophene rings is 1. The van der Waals surface area contributed by atoms with E-state index in [-0.39, 0.29) is 24.9 Å². The van der Waals surface area contributed by atoms with Crippen LogP contribution >= 0.6 is 11.3 Å². The van der Waals surface area contributed by atoms with Crippen molar-refractivity contribution in [3.8, 4) is 5.75 Å².